The third-order valence-electron chi connectivity index (χ3n) is 3.00. The van der Waals surface area contributed by atoms with E-state index in [-0.39, 0.29) is 18.3 Å². The molecule has 1 heterocycles. The van der Waals surface area contributed by atoms with Gasteiger partial charge in [-0.3, -0.25) is 9.69 Å². The van der Waals surface area contributed by atoms with Crippen molar-refractivity contribution in [1.82, 2.24) is 4.90 Å². The number of ether oxygens (including phenoxy) is 1. The molecule has 1 aliphatic heterocycles. The van der Waals surface area contributed by atoms with Gasteiger partial charge in [0.1, 0.15) is 11.8 Å². The molecule has 0 spiro atoms. The minimum Gasteiger partial charge on any atom is -0.465 e. The lowest BCUT2D eigenvalue weighted by Crippen LogP contribution is -2.50. The molecule has 1 saturated heterocycles. The van der Waals surface area contributed by atoms with Crippen molar-refractivity contribution in [3.05, 3.63) is 0 Å². The molecule has 2 aliphatic rings. The Kier molecular flexibility index (Phi) is 2.22. The van der Waals surface area contributed by atoms with E-state index < -0.39 is 17.9 Å². The minimum atomic E-state index is -1.09. The van der Waals surface area contributed by atoms with Crippen LogP contribution >= 0.6 is 0 Å². The molecule has 5 nitrogen and oxygen atoms in total. The summed E-state index contributed by atoms with van der Waals surface area (Å²) in [6.07, 6.45) is 0.698. The number of hydrogen-bond acceptors (Lipinski definition) is 3. The van der Waals surface area contributed by atoms with E-state index in [2.05, 4.69) is 0 Å². The van der Waals surface area contributed by atoms with Crippen molar-refractivity contribution in [2.24, 2.45) is 5.92 Å². The number of nitrogens with zero attached hydrogens (tertiary/aromatic N) is 1. The lowest BCUT2D eigenvalue weighted by molar-refractivity contribution is -0.124. The molecule has 0 aromatic carbocycles. The van der Waals surface area contributed by atoms with Crippen molar-refractivity contribution >= 4 is 11.9 Å². The van der Waals surface area contributed by atoms with Crippen LogP contribution in [-0.2, 0) is 9.53 Å². The van der Waals surface area contributed by atoms with E-state index in [0.717, 1.165) is 17.7 Å². The van der Waals surface area contributed by atoms with Crippen LogP contribution in [0.1, 0.15) is 26.7 Å². The molecule has 2 rings (SSSR count). The molecule has 15 heavy (non-hydrogen) atoms. The van der Waals surface area contributed by atoms with Crippen LogP contribution in [0.5, 0.6) is 0 Å². The number of carbonyl (C=O) groups is 2. The van der Waals surface area contributed by atoms with Crippen LogP contribution in [0.15, 0.2) is 0 Å². The first-order valence-electron chi connectivity index (χ1n) is 5.13. The van der Waals surface area contributed by atoms with Crippen molar-refractivity contribution in [2.75, 3.05) is 6.61 Å². The number of rotatable bonds is 2. The van der Waals surface area contributed by atoms with Gasteiger partial charge in [-0.15, -0.1) is 0 Å². The maximum Gasteiger partial charge on any atom is 0.410 e. The Morgan fingerprint density at radius 2 is 2.00 bits per heavy atom. The molecule has 1 atom stereocenters. The van der Waals surface area contributed by atoms with Gasteiger partial charge < -0.3 is 9.84 Å². The first-order chi connectivity index (χ1) is 6.93. The Morgan fingerprint density at radius 3 is 2.47 bits per heavy atom. The molecule has 0 bridgehead atoms. The normalized spacial score (nSPS) is 29.2. The number of ketones is 1. The molecule has 0 radical (unpaired) electrons. The maximum atomic E-state index is 11.8. The van der Waals surface area contributed by atoms with Gasteiger partial charge >= 0.3 is 6.09 Å². The summed E-state index contributed by atoms with van der Waals surface area (Å²) in [4.78, 5) is 24.0. The van der Waals surface area contributed by atoms with Gasteiger partial charge in [-0.05, 0) is 26.7 Å². The molecule has 5 heteroatoms. The molecular formula is C10H15NO4. The van der Waals surface area contributed by atoms with Crippen molar-refractivity contribution in [1.29, 1.82) is 0 Å². The van der Waals surface area contributed by atoms with Crippen LogP contribution in [0, 0.1) is 5.92 Å². The van der Waals surface area contributed by atoms with Crippen LogP contribution in [-0.4, -0.2) is 40.3 Å². The topological polar surface area (TPSA) is 66.8 Å². The van der Waals surface area contributed by atoms with Gasteiger partial charge in [-0.1, -0.05) is 0 Å². The number of amides is 1. The van der Waals surface area contributed by atoms with E-state index in [1.165, 1.54) is 0 Å². The highest BCUT2D eigenvalue weighted by Gasteiger charge is 2.50. The lowest BCUT2D eigenvalue weighted by Gasteiger charge is -2.30. The minimum absolute atomic E-state index is 0.0166. The third-order valence-corrected chi connectivity index (χ3v) is 3.00. The first-order valence-corrected chi connectivity index (χ1v) is 5.13. The second-order valence-corrected chi connectivity index (χ2v) is 4.60. The standard InChI is InChI=1S/C10H15NO4/c1-10(2)11(9(13)14)7(5-15-10)8(12)6-3-4-6/h6-7H,3-5H2,1-2H3,(H,13,14)/t7-/m1/s1. The van der Waals surface area contributed by atoms with Crippen molar-refractivity contribution in [3.8, 4) is 0 Å². The number of hydrogen-bond donors (Lipinski definition) is 1. The van der Waals surface area contributed by atoms with E-state index in [4.69, 9.17) is 9.84 Å². The van der Waals surface area contributed by atoms with Gasteiger partial charge in [0.05, 0.1) is 6.61 Å². The maximum absolute atomic E-state index is 11.8. The number of carbonyl (C=O) groups excluding carboxylic acids is 1. The van der Waals surface area contributed by atoms with E-state index in [0.29, 0.717) is 0 Å². The molecule has 0 aromatic rings. The summed E-state index contributed by atoms with van der Waals surface area (Å²) in [5, 5.41) is 9.06. The molecule has 0 aromatic heterocycles. The van der Waals surface area contributed by atoms with Crippen molar-refractivity contribution in [2.45, 2.75) is 38.5 Å². The van der Waals surface area contributed by atoms with Crippen molar-refractivity contribution < 1.29 is 19.4 Å². The molecule has 84 valence electrons. The van der Waals surface area contributed by atoms with Crippen LogP contribution < -0.4 is 0 Å². The summed E-state index contributed by atoms with van der Waals surface area (Å²) in [6, 6.07) is -0.606. The molecule has 1 aliphatic carbocycles. The highest BCUT2D eigenvalue weighted by Crippen LogP contribution is 2.36. The second-order valence-electron chi connectivity index (χ2n) is 4.60. The fourth-order valence-electron chi connectivity index (χ4n) is 2.02. The Labute approximate surface area is 88.0 Å². The molecule has 1 N–H and O–H groups in total. The van der Waals surface area contributed by atoms with Crippen LogP contribution in [0.2, 0.25) is 0 Å². The fraction of sp³-hybridized carbons (Fsp3) is 0.800. The Bertz CT molecular complexity index is 309. The average molecular weight is 213 g/mol. The van der Waals surface area contributed by atoms with Crippen molar-refractivity contribution in [3.63, 3.8) is 0 Å². The highest BCUT2D eigenvalue weighted by atomic mass is 16.5. The van der Waals surface area contributed by atoms with Crippen LogP contribution in [0.25, 0.3) is 0 Å². The lowest BCUT2D eigenvalue weighted by atomic mass is 10.1. The zero-order chi connectivity index (χ0) is 11.2. The Balaban J connectivity index is 2.18. The predicted molar refractivity (Wildman–Crippen MR) is 51.4 cm³/mol. The van der Waals surface area contributed by atoms with Gasteiger partial charge in [0, 0.05) is 5.92 Å². The van der Waals surface area contributed by atoms with Gasteiger partial charge in [0.2, 0.25) is 0 Å². The Morgan fingerprint density at radius 1 is 1.40 bits per heavy atom. The van der Waals surface area contributed by atoms with Crippen LogP contribution in [0.3, 0.4) is 0 Å². The third kappa shape index (κ3) is 1.71. The number of carboxylic acid groups (broad SMARTS) is 1. The summed E-state index contributed by atoms with van der Waals surface area (Å²) in [7, 11) is 0. The van der Waals surface area contributed by atoms with Gasteiger partial charge in [-0.25, -0.2) is 4.79 Å². The zero-order valence-corrected chi connectivity index (χ0v) is 8.90. The monoisotopic (exact) mass is 213 g/mol. The number of Topliss-reactive ketones (excluding diaryl/α,β-unsaturated/α-hetero) is 1. The average Bonchev–Trinajstić information content (AvgIpc) is 2.88. The molecule has 1 saturated carbocycles. The van der Waals surface area contributed by atoms with E-state index in [9.17, 15) is 9.59 Å². The summed E-state index contributed by atoms with van der Waals surface area (Å²) in [5.41, 5.74) is -0.888. The fourth-order valence-corrected chi connectivity index (χ4v) is 2.02. The van der Waals surface area contributed by atoms with E-state index >= 15 is 0 Å². The molecular weight excluding hydrogens is 198 g/mol. The largest absolute Gasteiger partial charge is 0.465 e. The summed E-state index contributed by atoms with van der Waals surface area (Å²) in [5.74, 6) is 0.0809. The molecule has 1 amide bonds. The Hall–Kier alpha value is -1.10. The quantitative estimate of drug-likeness (QED) is 0.745. The summed E-state index contributed by atoms with van der Waals surface area (Å²) >= 11 is 0. The molecule has 0 unspecified atom stereocenters. The van der Waals surface area contributed by atoms with Gasteiger partial charge in [-0.2, -0.15) is 0 Å². The van der Waals surface area contributed by atoms with Gasteiger partial charge in [0.15, 0.2) is 5.78 Å². The zero-order valence-electron chi connectivity index (χ0n) is 8.90. The second kappa shape index (κ2) is 3.20. The SMILES string of the molecule is CC1(C)OC[C@H](C(=O)C2CC2)N1C(=O)O. The van der Waals surface area contributed by atoms with Crippen LogP contribution in [0.4, 0.5) is 4.79 Å². The molecule has 2 fully saturated rings. The van der Waals surface area contributed by atoms with E-state index in [1.807, 2.05) is 0 Å². The highest BCUT2D eigenvalue weighted by molar-refractivity contribution is 5.91. The van der Waals surface area contributed by atoms with E-state index in [1.54, 1.807) is 13.8 Å². The summed E-state index contributed by atoms with van der Waals surface area (Å²) < 4.78 is 5.35. The predicted octanol–water partition coefficient (Wildman–Crippen LogP) is 1.08. The van der Waals surface area contributed by atoms with Gasteiger partial charge in [0.25, 0.3) is 0 Å². The first kappa shape index (κ1) is 10.4. The smallest absolute Gasteiger partial charge is 0.410 e. The summed E-state index contributed by atoms with van der Waals surface area (Å²) in [6.45, 7) is 3.53.